The Labute approximate surface area is 107 Å². The van der Waals surface area contributed by atoms with Gasteiger partial charge in [0, 0.05) is 6.54 Å². The lowest BCUT2D eigenvalue weighted by Crippen LogP contribution is -2.55. The van der Waals surface area contributed by atoms with Crippen LogP contribution in [0, 0.1) is 5.92 Å². The number of rotatable bonds is 1. The number of carbonyl (C=O) groups is 2. The summed E-state index contributed by atoms with van der Waals surface area (Å²) in [7, 11) is 1.37. The quantitative estimate of drug-likeness (QED) is 0.672. The van der Waals surface area contributed by atoms with Gasteiger partial charge in [-0.05, 0) is 46.0 Å². The number of hydrogen-bond acceptors (Lipinski definition) is 4. The summed E-state index contributed by atoms with van der Waals surface area (Å²) in [6.07, 6.45) is 1.96. The Morgan fingerprint density at radius 2 is 2.00 bits per heavy atom. The van der Waals surface area contributed by atoms with Crippen LogP contribution >= 0.6 is 0 Å². The van der Waals surface area contributed by atoms with Crippen LogP contribution in [0.2, 0.25) is 0 Å². The van der Waals surface area contributed by atoms with Gasteiger partial charge < -0.3 is 9.47 Å². The zero-order valence-electron chi connectivity index (χ0n) is 11.5. The minimum Gasteiger partial charge on any atom is -0.467 e. The van der Waals surface area contributed by atoms with Gasteiger partial charge in [0.15, 0.2) is 0 Å². The van der Waals surface area contributed by atoms with Crippen molar-refractivity contribution in [1.82, 2.24) is 4.90 Å². The van der Waals surface area contributed by atoms with E-state index < -0.39 is 17.2 Å². The number of piperidine rings is 1. The number of esters is 1. The molecule has 2 fully saturated rings. The first-order valence-electron chi connectivity index (χ1n) is 6.37. The Morgan fingerprint density at radius 3 is 2.50 bits per heavy atom. The second-order valence-electron chi connectivity index (χ2n) is 6.22. The third kappa shape index (κ3) is 2.06. The molecule has 0 aromatic rings. The van der Waals surface area contributed by atoms with E-state index in [1.54, 1.807) is 4.90 Å². The minimum atomic E-state index is -0.776. The standard InChI is InChI=1S/C13H21NO4/c1-12(2,3)18-11(16)14-8-9-5-6-13(14,7-9)10(15)17-4/h9H,5-8H2,1-4H3. The Balaban J connectivity index is 2.18. The van der Waals surface area contributed by atoms with Crippen molar-refractivity contribution < 1.29 is 19.1 Å². The van der Waals surface area contributed by atoms with E-state index in [9.17, 15) is 9.59 Å². The molecule has 0 aromatic carbocycles. The van der Waals surface area contributed by atoms with Crippen LogP contribution in [0.3, 0.4) is 0 Å². The van der Waals surface area contributed by atoms with Gasteiger partial charge in [-0.1, -0.05) is 0 Å². The van der Waals surface area contributed by atoms with Gasteiger partial charge in [0.2, 0.25) is 0 Å². The van der Waals surface area contributed by atoms with Gasteiger partial charge in [0.1, 0.15) is 11.1 Å². The maximum absolute atomic E-state index is 12.2. The molecule has 2 aliphatic rings. The van der Waals surface area contributed by atoms with E-state index >= 15 is 0 Å². The highest BCUT2D eigenvalue weighted by Gasteiger charge is 2.59. The largest absolute Gasteiger partial charge is 0.467 e. The molecule has 2 unspecified atom stereocenters. The molecule has 5 nitrogen and oxygen atoms in total. The highest BCUT2D eigenvalue weighted by Crippen LogP contribution is 2.47. The summed E-state index contributed by atoms with van der Waals surface area (Å²) in [6, 6.07) is 0. The van der Waals surface area contributed by atoms with E-state index in [1.165, 1.54) is 7.11 Å². The minimum absolute atomic E-state index is 0.312. The second-order valence-corrected chi connectivity index (χ2v) is 6.22. The zero-order chi connectivity index (χ0) is 13.6. The first-order chi connectivity index (χ1) is 8.28. The van der Waals surface area contributed by atoms with Gasteiger partial charge in [0.05, 0.1) is 7.11 Å². The van der Waals surface area contributed by atoms with Gasteiger partial charge in [-0.3, -0.25) is 4.90 Å². The fourth-order valence-electron chi connectivity index (χ4n) is 3.01. The van der Waals surface area contributed by atoms with Gasteiger partial charge in [-0.25, -0.2) is 9.59 Å². The van der Waals surface area contributed by atoms with Crippen LogP contribution in [-0.4, -0.2) is 41.8 Å². The lowest BCUT2D eigenvalue weighted by Gasteiger charge is -2.37. The highest BCUT2D eigenvalue weighted by molar-refractivity contribution is 5.87. The molecule has 2 rings (SSSR count). The van der Waals surface area contributed by atoms with Crippen molar-refractivity contribution in [2.24, 2.45) is 5.92 Å². The van der Waals surface area contributed by atoms with Crippen molar-refractivity contribution in [1.29, 1.82) is 0 Å². The Bertz CT molecular complexity index is 374. The lowest BCUT2D eigenvalue weighted by atomic mass is 9.97. The highest BCUT2D eigenvalue weighted by atomic mass is 16.6. The van der Waals surface area contributed by atoms with Gasteiger partial charge >= 0.3 is 12.1 Å². The predicted octanol–water partition coefficient (Wildman–Crippen LogP) is 1.95. The Hall–Kier alpha value is -1.26. The summed E-state index contributed by atoms with van der Waals surface area (Å²) in [5.74, 6) is 0.0879. The topological polar surface area (TPSA) is 55.8 Å². The number of carbonyl (C=O) groups excluding carboxylic acids is 2. The van der Waals surface area contributed by atoms with Gasteiger partial charge in [0.25, 0.3) is 0 Å². The van der Waals surface area contributed by atoms with Crippen molar-refractivity contribution in [3.8, 4) is 0 Å². The average molecular weight is 255 g/mol. The SMILES string of the molecule is COC(=O)C12CCC(CN1C(=O)OC(C)(C)C)C2. The Morgan fingerprint density at radius 1 is 1.33 bits per heavy atom. The normalized spacial score (nSPS) is 30.4. The number of hydrogen-bond donors (Lipinski definition) is 0. The number of fused-ring (bicyclic) bond motifs is 2. The first kappa shape index (κ1) is 13.2. The lowest BCUT2D eigenvalue weighted by molar-refractivity contribution is -0.153. The number of nitrogens with zero attached hydrogens (tertiary/aromatic N) is 1. The van der Waals surface area contributed by atoms with E-state index in [4.69, 9.17) is 9.47 Å². The number of methoxy groups -OCH3 is 1. The van der Waals surface area contributed by atoms with Crippen LogP contribution in [-0.2, 0) is 14.3 Å². The molecule has 1 heterocycles. The molecule has 0 N–H and O–H groups in total. The molecule has 2 atom stereocenters. The van der Waals surface area contributed by atoms with Gasteiger partial charge in [-0.15, -0.1) is 0 Å². The molecule has 0 spiro atoms. The van der Waals surface area contributed by atoms with E-state index in [0.29, 0.717) is 25.3 Å². The summed E-state index contributed by atoms with van der Waals surface area (Å²) < 4.78 is 10.3. The van der Waals surface area contributed by atoms with Crippen LogP contribution in [0.5, 0.6) is 0 Å². The third-order valence-electron chi connectivity index (χ3n) is 3.73. The molecular weight excluding hydrogens is 234 g/mol. The molecular formula is C13H21NO4. The average Bonchev–Trinajstić information content (AvgIpc) is 2.84. The maximum Gasteiger partial charge on any atom is 0.411 e. The smallest absolute Gasteiger partial charge is 0.411 e. The van der Waals surface area contributed by atoms with Crippen molar-refractivity contribution >= 4 is 12.1 Å². The molecule has 0 aromatic heterocycles. The molecule has 0 radical (unpaired) electrons. The molecule has 5 heteroatoms. The van der Waals surface area contributed by atoms with Crippen molar-refractivity contribution in [3.63, 3.8) is 0 Å². The molecule has 2 bridgehead atoms. The van der Waals surface area contributed by atoms with E-state index in [1.807, 2.05) is 20.8 Å². The van der Waals surface area contributed by atoms with Crippen molar-refractivity contribution in [2.75, 3.05) is 13.7 Å². The van der Waals surface area contributed by atoms with Crippen LogP contribution in [0.15, 0.2) is 0 Å². The molecule has 1 amide bonds. The second kappa shape index (κ2) is 4.14. The van der Waals surface area contributed by atoms with Crippen LogP contribution < -0.4 is 0 Å². The van der Waals surface area contributed by atoms with Crippen LogP contribution in [0.1, 0.15) is 40.0 Å². The van der Waals surface area contributed by atoms with Crippen molar-refractivity contribution in [3.05, 3.63) is 0 Å². The molecule has 18 heavy (non-hydrogen) atoms. The van der Waals surface area contributed by atoms with Crippen LogP contribution in [0.25, 0.3) is 0 Å². The number of amides is 1. The summed E-state index contributed by atoms with van der Waals surface area (Å²) in [5, 5.41) is 0. The first-order valence-corrected chi connectivity index (χ1v) is 6.37. The van der Waals surface area contributed by atoms with Gasteiger partial charge in [-0.2, -0.15) is 0 Å². The maximum atomic E-state index is 12.2. The zero-order valence-corrected chi connectivity index (χ0v) is 11.5. The summed E-state index contributed by atoms with van der Waals surface area (Å²) in [5.41, 5.74) is -1.32. The van der Waals surface area contributed by atoms with E-state index in [2.05, 4.69) is 0 Å². The Kier molecular flexibility index (Phi) is 3.03. The molecule has 1 aliphatic heterocycles. The predicted molar refractivity (Wildman–Crippen MR) is 65.0 cm³/mol. The summed E-state index contributed by atoms with van der Waals surface area (Å²) >= 11 is 0. The summed E-state index contributed by atoms with van der Waals surface area (Å²) in [6.45, 7) is 6.07. The number of likely N-dealkylation sites (tertiary alicyclic amines) is 1. The number of ether oxygens (including phenoxy) is 2. The molecule has 1 saturated heterocycles. The third-order valence-corrected chi connectivity index (χ3v) is 3.73. The molecule has 102 valence electrons. The molecule has 1 saturated carbocycles. The van der Waals surface area contributed by atoms with E-state index in [0.717, 1.165) is 6.42 Å². The fraction of sp³-hybridized carbons (Fsp3) is 0.846. The summed E-state index contributed by atoms with van der Waals surface area (Å²) in [4.78, 5) is 25.7. The van der Waals surface area contributed by atoms with E-state index in [-0.39, 0.29) is 5.97 Å². The monoisotopic (exact) mass is 255 g/mol. The van der Waals surface area contributed by atoms with Crippen LogP contribution in [0.4, 0.5) is 4.79 Å². The van der Waals surface area contributed by atoms with Crippen molar-refractivity contribution in [2.45, 2.75) is 51.2 Å². The molecule has 1 aliphatic carbocycles. The fourth-order valence-corrected chi connectivity index (χ4v) is 3.01.